The summed E-state index contributed by atoms with van der Waals surface area (Å²) in [6.07, 6.45) is 7.41. The molecule has 2 amide bonds. The van der Waals surface area contributed by atoms with E-state index in [2.05, 4.69) is 9.97 Å². The van der Waals surface area contributed by atoms with E-state index in [9.17, 15) is 9.59 Å². The molecule has 3 rings (SSSR count). The van der Waals surface area contributed by atoms with Crippen LogP contribution in [0.5, 0.6) is 0 Å². The molecule has 144 valence electrons. The molecule has 26 heavy (non-hydrogen) atoms. The number of hydrogen-bond acceptors (Lipinski definition) is 4. The van der Waals surface area contributed by atoms with E-state index in [1.165, 1.54) is 0 Å². The van der Waals surface area contributed by atoms with Crippen LogP contribution < -0.4 is 0 Å². The second kappa shape index (κ2) is 8.20. The number of piperidine rings is 2. The van der Waals surface area contributed by atoms with Crippen LogP contribution in [0.2, 0.25) is 0 Å². The molecule has 0 aromatic carbocycles. The second-order valence-corrected chi connectivity index (χ2v) is 7.56. The molecule has 1 atom stereocenters. The topological polar surface area (TPSA) is 78.5 Å². The molecule has 0 aliphatic carbocycles. The normalized spacial score (nSPS) is 21.2. The molecule has 1 aromatic rings. The molecule has 2 saturated heterocycles. The summed E-state index contributed by atoms with van der Waals surface area (Å²) in [5, 5.41) is 0. The standard InChI is InChI=1S/C19H30N4O3/c1-3-26-15(2)18(25)22-10-7-19(8-11-22)6-4-17(24)23(13-19)9-5-16-12-20-14-21-16/h12,14-15H,3-11,13H2,1-2H3,(H,20,21). The predicted octanol–water partition coefficient (Wildman–Crippen LogP) is 1.61. The van der Waals surface area contributed by atoms with Crippen molar-refractivity contribution in [3.05, 3.63) is 18.2 Å². The Morgan fingerprint density at radius 2 is 2.15 bits per heavy atom. The van der Waals surface area contributed by atoms with Gasteiger partial charge in [0.2, 0.25) is 5.91 Å². The Bertz CT molecular complexity index is 608. The number of hydrogen-bond donors (Lipinski definition) is 1. The zero-order valence-corrected chi connectivity index (χ0v) is 15.9. The summed E-state index contributed by atoms with van der Waals surface area (Å²) in [6.45, 7) is 7.35. The van der Waals surface area contributed by atoms with Crippen molar-refractivity contribution in [1.82, 2.24) is 19.8 Å². The number of nitrogens with zero attached hydrogens (tertiary/aromatic N) is 3. The summed E-state index contributed by atoms with van der Waals surface area (Å²) in [5.41, 5.74) is 1.22. The summed E-state index contributed by atoms with van der Waals surface area (Å²) in [7, 11) is 0. The smallest absolute Gasteiger partial charge is 0.251 e. The van der Waals surface area contributed by atoms with Crippen molar-refractivity contribution >= 4 is 11.8 Å². The van der Waals surface area contributed by atoms with Crippen LogP contribution in [-0.2, 0) is 20.7 Å². The van der Waals surface area contributed by atoms with Gasteiger partial charge in [0.05, 0.1) is 6.33 Å². The molecule has 7 nitrogen and oxygen atoms in total. The minimum absolute atomic E-state index is 0.0877. The van der Waals surface area contributed by atoms with Crippen LogP contribution in [0, 0.1) is 5.41 Å². The quantitative estimate of drug-likeness (QED) is 0.834. The lowest BCUT2D eigenvalue weighted by Gasteiger charge is -2.47. The molecule has 2 aliphatic rings. The number of carbonyl (C=O) groups is 2. The van der Waals surface area contributed by atoms with Crippen molar-refractivity contribution in [2.75, 3.05) is 32.8 Å². The minimum atomic E-state index is -0.368. The molecule has 0 saturated carbocycles. The van der Waals surface area contributed by atoms with Gasteiger partial charge in [-0.05, 0) is 38.5 Å². The van der Waals surface area contributed by atoms with Gasteiger partial charge in [-0.15, -0.1) is 0 Å². The van der Waals surface area contributed by atoms with Gasteiger partial charge in [0.15, 0.2) is 0 Å². The van der Waals surface area contributed by atoms with Crippen molar-refractivity contribution in [2.24, 2.45) is 5.41 Å². The summed E-state index contributed by atoms with van der Waals surface area (Å²) in [5.74, 6) is 0.336. The average Bonchev–Trinajstić information content (AvgIpc) is 3.16. The SMILES string of the molecule is CCOC(C)C(=O)N1CCC2(CCC(=O)N(CCc3cnc[nH]3)C2)CC1. The van der Waals surface area contributed by atoms with Gasteiger partial charge in [-0.25, -0.2) is 4.98 Å². The molecule has 0 radical (unpaired) electrons. The van der Waals surface area contributed by atoms with Crippen molar-refractivity contribution in [3.8, 4) is 0 Å². The highest BCUT2D eigenvalue weighted by Gasteiger charge is 2.42. The van der Waals surface area contributed by atoms with Gasteiger partial charge >= 0.3 is 0 Å². The van der Waals surface area contributed by atoms with E-state index in [1.807, 2.05) is 29.8 Å². The number of imidazole rings is 1. The lowest BCUT2D eigenvalue weighted by Crippen LogP contribution is -2.53. The van der Waals surface area contributed by atoms with Gasteiger partial charge in [0.1, 0.15) is 6.10 Å². The number of ether oxygens (including phenoxy) is 1. The third-order valence-corrected chi connectivity index (χ3v) is 5.85. The Balaban J connectivity index is 1.54. The number of aromatic nitrogens is 2. The van der Waals surface area contributed by atoms with Gasteiger partial charge in [-0.2, -0.15) is 0 Å². The Labute approximate surface area is 155 Å². The van der Waals surface area contributed by atoms with Crippen LogP contribution in [0.1, 0.15) is 45.2 Å². The monoisotopic (exact) mass is 362 g/mol. The van der Waals surface area contributed by atoms with Crippen molar-refractivity contribution < 1.29 is 14.3 Å². The molecule has 0 bridgehead atoms. The van der Waals surface area contributed by atoms with Crippen LogP contribution in [0.25, 0.3) is 0 Å². The maximum Gasteiger partial charge on any atom is 0.251 e. The van der Waals surface area contributed by atoms with E-state index in [1.54, 1.807) is 6.33 Å². The van der Waals surface area contributed by atoms with Gasteiger partial charge in [-0.1, -0.05) is 0 Å². The number of aromatic amines is 1. The van der Waals surface area contributed by atoms with Crippen molar-refractivity contribution in [2.45, 2.75) is 52.1 Å². The van der Waals surface area contributed by atoms with Crippen LogP contribution in [0.3, 0.4) is 0 Å². The maximum absolute atomic E-state index is 12.4. The highest BCUT2D eigenvalue weighted by molar-refractivity contribution is 5.80. The Morgan fingerprint density at radius 3 is 2.81 bits per heavy atom. The molecule has 1 N–H and O–H groups in total. The Hall–Kier alpha value is -1.89. The number of H-pyrrole nitrogens is 1. The fourth-order valence-corrected chi connectivity index (χ4v) is 4.17. The largest absolute Gasteiger partial charge is 0.369 e. The number of likely N-dealkylation sites (tertiary alicyclic amines) is 2. The highest BCUT2D eigenvalue weighted by atomic mass is 16.5. The minimum Gasteiger partial charge on any atom is -0.369 e. The Kier molecular flexibility index (Phi) is 5.96. The molecule has 3 heterocycles. The third kappa shape index (κ3) is 4.26. The second-order valence-electron chi connectivity index (χ2n) is 7.56. The van der Waals surface area contributed by atoms with Crippen LogP contribution >= 0.6 is 0 Å². The van der Waals surface area contributed by atoms with E-state index in [-0.39, 0.29) is 23.3 Å². The molecule has 1 spiro atoms. The van der Waals surface area contributed by atoms with Crippen molar-refractivity contribution in [1.29, 1.82) is 0 Å². The number of rotatable bonds is 6. The first-order valence-corrected chi connectivity index (χ1v) is 9.68. The molecular weight excluding hydrogens is 332 g/mol. The van der Waals surface area contributed by atoms with E-state index in [0.29, 0.717) is 13.0 Å². The summed E-state index contributed by atoms with van der Waals surface area (Å²) < 4.78 is 5.44. The first-order chi connectivity index (χ1) is 12.5. The number of nitrogens with one attached hydrogen (secondary N) is 1. The molecule has 7 heteroatoms. The lowest BCUT2D eigenvalue weighted by molar-refractivity contribution is -0.148. The van der Waals surface area contributed by atoms with E-state index in [0.717, 1.165) is 57.6 Å². The Morgan fingerprint density at radius 1 is 1.38 bits per heavy atom. The molecule has 2 fully saturated rings. The molecule has 1 aromatic heterocycles. The maximum atomic E-state index is 12.4. The van der Waals surface area contributed by atoms with Crippen LogP contribution in [-0.4, -0.2) is 70.5 Å². The zero-order valence-electron chi connectivity index (χ0n) is 15.9. The van der Waals surface area contributed by atoms with Crippen LogP contribution in [0.15, 0.2) is 12.5 Å². The van der Waals surface area contributed by atoms with E-state index in [4.69, 9.17) is 4.74 Å². The van der Waals surface area contributed by atoms with Gasteiger partial charge < -0.3 is 19.5 Å². The zero-order chi connectivity index (χ0) is 18.6. The predicted molar refractivity (Wildman–Crippen MR) is 97.4 cm³/mol. The van der Waals surface area contributed by atoms with E-state index >= 15 is 0 Å². The first kappa shape index (κ1) is 18.9. The lowest BCUT2D eigenvalue weighted by atomic mass is 9.72. The first-order valence-electron chi connectivity index (χ1n) is 9.68. The molecule has 2 aliphatic heterocycles. The fourth-order valence-electron chi connectivity index (χ4n) is 4.17. The van der Waals surface area contributed by atoms with E-state index < -0.39 is 0 Å². The van der Waals surface area contributed by atoms with Gasteiger partial charge in [0.25, 0.3) is 5.91 Å². The molecule has 1 unspecified atom stereocenters. The third-order valence-electron chi connectivity index (χ3n) is 5.85. The summed E-state index contributed by atoms with van der Waals surface area (Å²) in [6, 6.07) is 0. The summed E-state index contributed by atoms with van der Waals surface area (Å²) >= 11 is 0. The number of carbonyl (C=O) groups excluding carboxylic acids is 2. The average molecular weight is 362 g/mol. The van der Waals surface area contributed by atoms with Crippen LogP contribution in [0.4, 0.5) is 0 Å². The summed E-state index contributed by atoms with van der Waals surface area (Å²) in [4.78, 5) is 35.8. The number of amides is 2. The fraction of sp³-hybridized carbons (Fsp3) is 0.737. The molecular formula is C19H30N4O3. The highest BCUT2D eigenvalue weighted by Crippen LogP contribution is 2.40. The van der Waals surface area contributed by atoms with Crippen molar-refractivity contribution in [3.63, 3.8) is 0 Å². The van der Waals surface area contributed by atoms with Gasteiger partial charge in [0, 0.05) is 57.5 Å². The van der Waals surface area contributed by atoms with Gasteiger partial charge in [-0.3, -0.25) is 9.59 Å².